The predicted molar refractivity (Wildman–Crippen MR) is 72.0 cm³/mol. The second kappa shape index (κ2) is 5.28. The van der Waals surface area contributed by atoms with Crippen LogP contribution >= 0.6 is 45.9 Å². The Balaban J connectivity index is 2.40. The second-order valence-electron chi connectivity index (χ2n) is 3.05. The van der Waals surface area contributed by atoms with E-state index >= 15 is 0 Å². The van der Waals surface area contributed by atoms with Gasteiger partial charge >= 0.3 is 5.97 Å². The molecule has 0 aliphatic rings. The number of carbonyl (C=O) groups excluding carboxylic acids is 1. The van der Waals surface area contributed by atoms with Gasteiger partial charge in [-0.3, -0.25) is 0 Å². The van der Waals surface area contributed by atoms with Crippen molar-refractivity contribution in [3.05, 3.63) is 40.1 Å². The van der Waals surface area contributed by atoms with Crippen molar-refractivity contribution >= 4 is 51.9 Å². The average Bonchev–Trinajstić information content (AvgIpc) is 2.76. The molecule has 3 nitrogen and oxygen atoms in total. The third-order valence-corrected chi connectivity index (χ3v) is 3.53. The summed E-state index contributed by atoms with van der Waals surface area (Å²) in [5, 5.41) is 0.802. The summed E-state index contributed by atoms with van der Waals surface area (Å²) in [4.78, 5) is 15.6. The number of rotatable bonds is 2. The van der Waals surface area contributed by atoms with Crippen LogP contribution in [0.2, 0.25) is 5.02 Å². The Labute approximate surface area is 119 Å². The van der Waals surface area contributed by atoms with Crippen LogP contribution in [0.3, 0.4) is 0 Å². The average molecular weight is 384 g/mol. The van der Waals surface area contributed by atoms with Crippen molar-refractivity contribution in [3.8, 4) is 10.6 Å². The van der Waals surface area contributed by atoms with Crippen LogP contribution in [0.1, 0.15) is 9.67 Å². The van der Waals surface area contributed by atoms with Gasteiger partial charge in [-0.15, -0.1) is 11.3 Å². The van der Waals surface area contributed by atoms with Gasteiger partial charge in [0.05, 0.1) is 6.20 Å². The molecule has 0 aliphatic carbocycles. The van der Waals surface area contributed by atoms with E-state index in [1.807, 2.05) is 0 Å². The molecule has 0 N–H and O–H groups in total. The molecule has 7 heteroatoms. The Bertz CT molecular complexity index is 555. The SMILES string of the molecule is O=C(OI)c1cnc(-c2cc(F)cc(Cl)c2)s1. The molecular weight excluding hydrogens is 380 g/mol. The Kier molecular flexibility index (Phi) is 3.95. The Morgan fingerprint density at radius 2 is 2.24 bits per heavy atom. The summed E-state index contributed by atoms with van der Waals surface area (Å²) in [5.41, 5.74) is 0.535. The van der Waals surface area contributed by atoms with Crippen molar-refractivity contribution in [2.75, 3.05) is 0 Å². The van der Waals surface area contributed by atoms with Crippen molar-refractivity contribution in [1.82, 2.24) is 4.98 Å². The summed E-state index contributed by atoms with van der Waals surface area (Å²) in [7, 11) is 0. The van der Waals surface area contributed by atoms with Gasteiger partial charge in [-0.2, -0.15) is 0 Å². The van der Waals surface area contributed by atoms with E-state index in [2.05, 4.69) is 8.05 Å². The van der Waals surface area contributed by atoms with Gasteiger partial charge in [0.25, 0.3) is 0 Å². The normalized spacial score (nSPS) is 10.3. The van der Waals surface area contributed by atoms with Crippen molar-refractivity contribution in [2.24, 2.45) is 0 Å². The van der Waals surface area contributed by atoms with Gasteiger partial charge in [0, 0.05) is 10.6 Å². The first-order valence-electron chi connectivity index (χ1n) is 4.35. The van der Waals surface area contributed by atoms with E-state index < -0.39 is 11.8 Å². The van der Waals surface area contributed by atoms with E-state index in [9.17, 15) is 9.18 Å². The van der Waals surface area contributed by atoms with Crippen LogP contribution in [0.4, 0.5) is 4.39 Å². The minimum atomic E-state index is -0.475. The smallest absolute Gasteiger partial charge is 0.359 e. The summed E-state index contributed by atoms with van der Waals surface area (Å²) in [6.07, 6.45) is 1.39. The van der Waals surface area contributed by atoms with Crippen LogP contribution in [-0.2, 0) is 3.07 Å². The molecule has 0 radical (unpaired) electrons. The first kappa shape index (κ1) is 12.7. The molecule has 0 unspecified atom stereocenters. The van der Waals surface area contributed by atoms with E-state index in [4.69, 9.17) is 11.6 Å². The van der Waals surface area contributed by atoms with E-state index in [-0.39, 0.29) is 5.02 Å². The number of hydrogen-bond donors (Lipinski definition) is 0. The number of halogens is 3. The lowest BCUT2D eigenvalue weighted by Gasteiger charge is -1.97. The Morgan fingerprint density at radius 1 is 1.47 bits per heavy atom. The molecule has 17 heavy (non-hydrogen) atoms. The van der Waals surface area contributed by atoms with Crippen LogP contribution in [-0.4, -0.2) is 11.0 Å². The van der Waals surface area contributed by atoms with Crippen LogP contribution in [0.15, 0.2) is 24.4 Å². The quantitative estimate of drug-likeness (QED) is 0.733. The van der Waals surface area contributed by atoms with Crippen LogP contribution in [0.25, 0.3) is 10.6 Å². The molecule has 1 aromatic carbocycles. The van der Waals surface area contributed by atoms with Gasteiger partial charge in [-0.25, -0.2) is 14.2 Å². The van der Waals surface area contributed by atoms with Crippen LogP contribution in [0.5, 0.6) is 0 Å². The van der Waals surface area contributed by atoms with Gasteiger partial charge in [0.2, 0.25) is 0 Å². The first-order valence-corrected chi connectivity index (χ1v) is 6.43. The molecule has 0 bridgehead atoms. The Hall–Kier alpha value is -0.730. The largest absolute Gasteiger partial charge is 0.390 e. The topological polar surface area (TPSA) is 39.2 Å². The molecule has 0 aliphatic heterocycles. The first-order chi connectivity index (χ1) is 8.10. The number of thiazole rings is 1. The van der Waals surface area contributed by atoms with Crippen molar-refractivity contribution in [1.29, 1.82) is 0 Å². The highest BCUT2D eigenvalue weighted by Gasteiger charge is 2.13. The lowest BCUT2D eigenvalue weighted by Crippen LogP contribution is -1.92. The Morgan fingerprint density at radius 3 is 2.88 bits per heavy atom. The monoisotopic (exact) mass is 383 g/mol. The lowest BCUT2D eigenvalue weighted by molar-refractivity contribution is 0.0805. The molecule has 0 saturated carbocycles. The summed E-state index contributed by atoms with van der Waals surface area (Å²) in [6, 6.07) is 4.10. The number of nitrogens with zero attached hydrogens (tertiary/aromatic N) is 1. The molecule has 0 amide bonds. The lowest BCUT2D eigenvalue weighted by atomic mass is 10.2. The molecule has 1 aromatic heterocycles. The molecule has 2 rings (SSSR count). The van der Waals surface area contributed by atoms with E-state index in [0.717, 1.165) is 11.3 Å². The molecule has 0 spiro atoms. The minimum Gasteiger partial charge on any atom is -0.390 e. The third kappa shape index (κ3) is 2.93. The maximum absolute atomic E-state index is 13.1. The summed E-state index contributed by atoms with van der Waals surface area (Å²) in [6.45, 7) is 0. The molecular formula is C10H4ClFINO2S. The number of benzene rings is 1. The zero-order valence-electron chi connectivity index (χ0n) is 8.12. The highest BCUT2D eigenvalue weighted by molar-refractivity contribution is 14.1. The zero-order chi connectivity index (χ0) is 12.4. The minimum absolute atomic E-state index is 0.285. The number of carbonyl (C=O) groups is 1. The maximum atomic E-state index is 13.1. The van der Waals surface area contributed by atoms with E-state index in [1.54, 1.807) is 6.07 Å². The van der Waals surface area contributed by atoms with Gasteiger partial charge in [-0.05, 0) is 18.2 Å². The molecule has 2 aromatic rings. The van der Waals surface area contributed by atoms with Gasteiger partial charge in [-0.1, -0.05) is 11.6 Å². The van der Waals surface area contributed by atoms with Crippen molar-refractivity contribution < 1.29 is 12.3 Å². The summed E-state index contributed by atoms with van der Waals surface area (Å²) in [5.74, 6) is -0.919. The van der Waals surface area contributed by atoms with Crippen LogP contribution < -0.4 is 0 Å². The molecule has 0 fully saturated rings. The highest BCUT2D eigenvalue weighted by Crippen LogP contribution is 2.28. The molecule has 0 saturated heterocycles. The fourth-order valence-electron chi connectivity index (χ4n) is 1.22. The van der Waals surface area contributed by atoms with Gasteiger partial charge < -0.3 is 3.07 Å². The van der Waals surface area contributed by atoms with E-state index in [0.29, 0.717) is 15.4 Å². The molecule has 1 heterocycles. The predicted octanol–water partition coefficient (Wildman–Crippen LogP) is 4.11. The van der Waals surface area contributed by atoms with Gasteiger partial charge in [0.1, 0.15) is 15.7 Å². The van der Waals surface area contributed by atoms with E-state index in [1.165, 1.54) is 41.3 Å². The number of aromatic nitrogens is 1. The standard InChI is InChI=1S/C10H4ClFINO2S/c11-6-1-5(2-7(12)3-6)9-14-4-8(17-9)10(15)16-13/h1-4H. The van der Waals surface area contributed by atoms with Crippen LogP contribution in [0, 0.1) is 5.82 Å². The summed E-state index contributed by atoms with van der Waals surface area (Å²) < 4.78 is 17.7. The molecule has 88 valence electrons. The summed E-state index contributed by atoms with van der Waals surface area (Å²) >= 11 is 8.36. The van der Waals surface area contributed by atoms with Crippen molar-refractivity contribution in [3.63, 3.8) is 0 Å². The molecule has 0 atom stereocenters. The fraction of sp³-hybridized carbons (Fsp3) is 0. The highest BCUT2D eigenvalue weighted by atomic mass is 127. The number of hydrogen-bond acceptors (Lipinski definition) is 4. The zero-order valence-corrected chi connectivity index (χ0v) is 11.8. The maximum Gasteiger partial charge on any atom is 0.359 e. The second-order valence-corrected chi connectivity index (χ2v) is 4.96. The van der Waals surface area contributed by atoms with Gasteiger partial charge in [0.15, 0.2) is 23.0 Å². The third-order valence-electron chi connectivity index (χ3n) is 1.89. The van der Waals surface area contributed by atoms with Crippen molar-refractivity contribution in [2.45, 2.75) is 0 Å². The fourth-order valence-corrected chi connectivity index (χ4v) is 2.61.